The van der Waals surface area contributed by atoms with E-state index in [1.54, 1.807) is 48.5 Å². The Bertz CT molecular complexity index is 1120. The Morgan fingerprint density at radius 2 is 1.56 bits per heavy atom. The highest BCUT2D eigenvalue weighted by atomic mass is 16.7. The van der Waals surface area contributed by atoms with Crippen LogP contribution in [0.3, 0.4) is 0 Å². The highest BCUT2D eigenvalue weighted by Crippen LogP contribution is 2.40. The Kier molecular flexibility index (Phi) is 14.9. The number of likely N-dealkylation sites (N-methyl/N-ethyl adjacent to an activating group) is 1. The Morgan fingerprint density at radius 3 is 2.12 bits per heavy atom. The van der Waals surface area contributed by atoms with E-state index in [0.717, 1.165) is 0 Å². The van der Waals surface area contributed by atoms with Crippen molar-refractivity contribution in [2.24, 2.45) is 23.7 Å². The molecular formula is C37H67NO12. The zero-order valence-corrected chi connectivity index (χ0v) is 32.3. The van der Waals surface area contributed by atoms with Gasteiger partial charge in [0.2, 0.25) is 0 Å². The number of carbonyl (C=O) groups is 1. The van der Waals surface area contributed by atoms with Crippen molar-refractivity contribution < 1.29 is 58.7 Å². The summed E-state index contributed by atoms with van der Waals surface area (Å²) in [5, 5.41) is 57.5. The Hall–Kier alpha value is -1.23. The third-order valence-corrected chi connectivity index (χ3v) is 11.6. The molecule has 0 saturated carbocycles. The van der Waals surface area contributed by atoms with Crippen LogP contribution in [0.1, 0.15) is 88.0 Å². The molecule has 13 nitrogen and oxygen atoms in total. The van der Waals surface area contributed by atoms with E-state index in [-0.39, 0.29) is 30.6 Å². The van der Waals surface area contributed by atoms with Gasteiger partial charge in [-0.05, 0) is 79.5 Å². The van der Waals surface area contributed by atoms with E-state index in [2.05, 4.69) is 6.58 Å². The van der Waals surface area contributed by atoms with Crippen molar-refractivity contribution in [3.8, 4) is 0 Å². The highest BCUT2D eigenvalue weighted by Gasteiger charge is 2.52. The molecule has 3 aliphatic heterocycles. The normalized spacial score (nSPS) is 49.0. The Morgan fingerprint density at radius 1 is 0.940 bits per heavy atom. The molecule has 3 saturated heterocycles. The largest absolute Gasteiger partial charge is 0.457 e. The van der Waals surface area contributed by atoms with Crippen LogP contribution in [-0.2, 0) is 33.2 Å². The summed E-state index contributed by atoms with van der Waals surface area (Å²) in [7, 11) is 5.24. The third-order valence-electron chi connectivity index (χ3n) is 11.6. The number of hydrogen-bond donors (Lipinski definition) is 5. The second kappa shape index (κ2) is 17.3. The summed E-state index contributed by atoms with van der Waals surface area (Å²) in [5.74, 6) is -3.60. The molecule has 0 aliphatic carbocycles. The molecule has 5 N–H and O–H groups in total. The molecule has 3 heterocycles. The van der Waals surface area contributed by atoms with Crippen LogP contribution in [0.25, 0.3) is 0 Å². The van der Waals surface area contributed by atoms with Crippen LogP contribution in [0, 0.1) is 23.7 Å². The topological polar surface area (TPSA) is 177 Å². The van der Waals surface area contributed by atoms with Gasteiger partial charge in [-0.15, -0.1) is 0 Å². The fraction of sp³-hybridized carbons (Fsp3) is 0.919. The van der Waals surface area contributed by atoms with Crippen molar-refractivity contribution in [3.05, 3.63) is 12.2 Å². The van der Waals surface area contributed by atoms with Gasteiger partial charge >= 0.3 is 5.97 Å². The van der Waals surface area contributed by atoms with Crippen molar-refractivity contribution in [3.63, 3.8) is 0 Å². The van der Waals surface area contributed by atoms with Gasteiger partial charge in [0.25, 0.3) is 0 Å². The molecule has 0 radical (unpaired) electrons. The Labute approximate surface area is 299 Å². The number of esters is 1. The van der Waals surface area contributed by atoms with E-state index < -0.39 is 102 Å². The maximum Gasteiger partial charge on any atom is 0.311 e. The number of nitrogens with zero attached hydrogens (tertiary/aromatic N) is 1. The summed E-state index contributed by atoms with van der Waals surface area (Å²) in [5.41, 5.74) is -2.43. The molecule has 0 aromatic rings. The van der Waals surface area contributed by atoms with Gasteiger partial charge in [-0.1, -0.05) is 34.3 Å². The number of hydrogen-bond acceptors (Lipinski definition) is 13. The zero-order chi connectivity index (χ0) is 38.0. The first-order chi connectivity index (χ1) is 23.1. The molecule has 0 bridgehead atoms. The summed E-state index contributed by atoms with van der Waals surface area (Å²) in [6, 6.07) is -0.291. The first-order valence-corrected chi connectivity index (χ1v) is 18.3. The molecule has 0 amide bonds. The lowest BCUT2D eigenvalue weighted by molar-refractivity contribution is -0.318. The summed E-state index contributed by atoms with van der Waals surface area (Å²) < 4.78 is 37.3. The van der Waals surface area contributed by atoms with E-state index in [1.165, 1.54) is 7.11 Å². The lowest BCUT2D eigenvalue weighted by Crippen LogP contribution is -2.60. The minimum absolute atomic E-state index is 0.0237. The Balaban J connectivity index is 2.16. The first-order valence-electron chi connectivity index (χ1n) is 18.3. The molecule has 2 unspecified atom stereocenters. The molecular weight excluding hydrogens is 650 g/mol. The SMILES string of the molecule is C=C1[C@@H](CC)OC(=O)[C@H](C)[C@@H](OC2C[C@@](C)(OC)[C@@H](O)[C@H](C)O2)[C@H](C)[C@@H](OC2O[C@H](C)C[C@H](N(C)C)[C@H]2O)[C@](C)(O)C[C@@H](C)[C@H](O)[C@H](C)[C@H]1O. The fourth-order valence-electron chi connectivity index (χ4n) is 8.20. The van der Waals surface area contributed by atoms with Crippen LogP contribution in [-0.4, -0.2) is 142 Å². The van der Waals surface area contributed by atoms with E-state index in [0.29, 0.717) is 12.8 Å². The fourth-order valence-corrected chi connectivity index (χ4v) is 8.20. The van der Waals surface area contributed by atoms with Crippen LogP contribution >= 0.6 is 0 Å². The maximum absolute atomic E-state index is 14.0. The molecule has 0 spiro atoms. The van der Waals surface area contributed by atoms with Crippen molar-refractivity contribution in [1.82, 2.24) is 4.90 Å². The lowest BCUT2D eigenvalue weighted by Gasteiger charge is -2.49. The van der Waals surface area contributed by atoms with Crippen molar-refractivity contribution >= 4 is 5.97 Å². The molecule has 18 atom stereocenters. The van der Waals surface area contributed by atoms with E-state index >= 15 is 0 Å². The molecule has 3 aliphatic rings. The van der Waals surface area contributed by atoms with Gasteiger partial charge in [-0.2, -0.15) is 0 Å². The number of cyclic esters (lactones) is 1. The minimum Gasteiger partial charge on any atom is -0.457 e. The van der Waals surface area contributed by atoms with Gasteiger partial charge in [0.05, 0.1) is 53.7 Å². The molecule has 0 aromatic heterocycles. The standard InChI is InChI=1S/C37H67NO12/c1-14-26-20(4)29(40)21(5)28(39)18(2)16-36(9,44)33(50-35-30(41)25(38(11)12)15-19(3)46-35)22(6)31(23(7)34(43)48-26)49-27-17-37(10,45-13)32(42)24(8)47-27/h18-19,21-33,35,39-42,44H,4,14-17H2,1-3,5-13H3/t18-,19-,21+,22+,23-,24+,25+,26-,27?,28+,29+,30-,31+,32+,33-,35?,36-,37-/m1/s1. The van der Waals surface area contributed by atoms with Crippen molar-refractivity contribution in [2.75, 3.05) is 21.2 Å². The number of aliphatic hydroxyl groups excluding tert-OH is 4. The summed E-state index contributed by atoms with van der Waals surface area (Å²) in [4.78, 5) is 15.9. The van der Waals surface area contributed by atoms with Gasteiger partial charge in [-0.3, -0.25) is 4.79 Å². The molecule has 13 heteroatoms. The number of carbonyl (C=O) groups excluding carboxylic acids is 1. The first kappa shape index (κ1) is 43.2. The predicted molar refractivity (Wildman–Crippen MR) is 186 cm³/mol. The van der Waals surface area contributed by atoms with Gasteiger partial charge < -0.3 is 58.9 Å². The van der Waals surface area contributed by atoms with E-state index in [1.807, 2.05) is 32.8 Å². The van der Waals surface area contributed by atoms with Gasteiger partial charge in [0, 0.05) is 31.4 Å². The second-order valence-corrected chi connectivity index (χ2v) is 16.1. The maximum atomic E-state index is 14.0. The second-order valence-electron chi connectivity index (χ2n) is 16.1. The average Bonchev–Trinajstić information content (AvgIpc) is 3.05. The highest BCUT2D eigenvalue weighted by molar-refractivity contribution is 5.73. The van der Waals surface area contributed by atoms with Crippen molar-refractivity contribution in [1.29, 1.82) is 0 Å². The molecule has 50 heavy (non-hydrogen) atoms. The molecule has 3 rings (SSSR count). The minimum atomic E-state index is -1.68. The lowest BCUT2D eigenvalue weighted by atomic mass is 9.74. The van der Waals surface area contributed by atoms with Gasteiger partial charge in [0.1, 0.15) is 18.3 Å². The summed E-state index contributed by atoms with van der Waals surface area (Å²) in [6.45, 7) is 19.8. The van der Waals surface area contributed by atoms with E-state index in [9.17, 15) is 30.3 Å². The quantitative estimate of drug-likeness (QED) is 0.192. The average molecular weight is 718 g/mol. The summed E-state index contributed by atoms with van der Waals surface area (Å²) >= 11 is 0. The van der Waals surface area contributed by atoms with Crippen LogP contribution in [0.4, 0.5) is 0 Å². The number of rotatable bonds is 7. The monoisotopic (exact) mass is 717 g/mol. The molecule has 292 valence electrons. The predicted octanol–water partition coefficient (Wildman–Crippen LogP) is 2.38. The third kappa shape index (κ3) is 9.46. The van der Waals surface area contributed by atoms with Crippen LogP contribution in [0.2, 0.25) is 0 Å². The smallest absolute Gasteiger partial charge is 0.311 e. The van der Waals surface area contributed by atoms with Crippen LogP contribution in [0.15, 0.2) is 12.2 Å². The van der Waals surface area contributed by atoms with E-state index in [4.69, 9.17) is 28.4 Å². The number of ether oxygens (including phenoxy) is 6. The molecule has 3 fully saturated rings. The van der Waals surface area contributed by atoms with Crippen molar-refractivity contribution in [2.45, 2.75) is 173 Å². The number of aliphatic hydroxyl groups is 5. The number of methoxy groups -OCH3 is 1. The van der Waals surface area contributed by atoms with Gasteiger partial charge in [-0.25, -0.2) is 0 Å². The van der Waals surface area contributed by atoms with Crippen LogP contribution < -0.4 is 0 Å². The molecule has 0 aromatic carbocycles. The van der Waals surface area contributed by atoms with Gasteiger partial charge in [0.15, 0.2) is 12.6 Å². The van der Waals surface area contributed by atoms with Crippen LogP contribution in [0.5, 0.6) is 0 Å². The zero-order valence-electron chi connectivity index (χ0n) is 32.3. The summed E-state index contributed by atoms with van der Waals surface area (Å²) in [6.07, 6.45) is -9.20.